The van der Waals surface area contributed by atoms with Crippen LogP contribution in [-0.4, -0.2) is 28.5 Å². The average molecular weight is 249 g/mol. The number of H-pyrrole nitrogens is 1. The van der Waals surface area contributed by atoms with Gasteiger partial charge in [-0.1, -0.05) is 12.1 Å². The first-order valence-electron chi connectivity index (χ1n) is 5.49. The topological polar surface area (TPSA) is 57.8 Å². The molecule has 0 atom stereocenters. The van der Waals surface area contributed by atoms with Crippen molar-refractivity contribution in [2.75, 3.05) is 18.6 Å². The number of nitrogens with zero attached hydrogens (tertiary/aromatic N) is 1. The highest BCUT2D eigenvalue weighted by atomic mass is 32.2. The van der Waals surface area contributed by atoms with Gasteiger partial charge in [0.1, 0.15) is 5.82 Å². The minimum absolute atomic E-state index is 0.0720. The molecule has 0 aliphatic carbocycles. The Bertz CT molecular complexity index is 553. The van der Waals surface area contributed by atoms with Crippen LogP contribution in [0.5, 0.6) is 0 Å². The van der Waals surface area contributed by atoms with Crippen molar-refractivity contribution >= 4 is 22.7 Å². The molecule has 1 heterocycles. The van der Waals surface area contributed by atoms with Crippen LogP contribution in [0, 0.1) is 0 Å². The predicted molar refractivity (Wildman–Crippen MR) is 72.5 cm³/mol. The molecule has 2 rings (SSSR count). The maximum Gasteiger partial charge on any atom is 0.258 e. The summed E-state index contributed by atoms with van der Waals surface area (Å²) in [6, 6.07) is 7.37. The molecule has 90 valence electrons. The lowest BCUT2D eigenvalue weighted by Crippen LogP contribution is -2.21. The van der Waals surface area contributed by atoms with Crippen LogP contribution in [0.25, 0.3) is 10.9 Å². The average Bonchev–Trinajstić information content (AvgIpc) is 2.35. The van der Waals surface area contributed by atoms with Gasteiger partial charge in [-0.05, 0) is 18.4 Å². The quantitative estimate of drug-likeness (QED) is 0.786. The molecule has 0 aliphatic rings. The molecule has 0 aliphatic heterocycles. The molecule has 0 amide bonds. The second-order valence-electron chi connectivity index (χ2n) is 3.70. The SMILES string of the molecule is CSCCNCc1nc2ccccc2c(=O)[nH]1. The first kappa shape index (κ1) is 12.1. The minimum Gasteiger partial charge on any atom is -0.309 e. The smallest absolute Gasteiger partial charge is 0.258 e. The van der Waals surface area contributed by atoms with Gasteiger partial charge in [-0.25, -0.2) is 4.98 Å². The van der Waals surface area contributed by atoms with E-state index in [4.69, 9.17) is 0 Å². The Balaban J connectivity index is 2.16. The van der Waals surface area contributed by atoms with Crippen molar-refractivity contribution in [1.82, 2.24) is 15.3 Å². The first-order chi connectivity index (χ1) is 8.31. The van der Waals surface area contributed by atoms with Crippen molar-refractivity contribution in [3.8, 4) is 0 Å². The fourth-order valence-electron chi connectivity index (χ4n) is 1.60. The van der Waals surface area contributed by atoms with Gasteiger partial charge in [0.05, 0.1) is 17.4 Å². The third-order valence-corrected chi connectivity index (χ3v) is 3.05. The zero-order chi connectivity index (χ0) is 12.1. The van der Waals surface area contributed by atoms with Gasteiger partial charge in [0.25, 0.3) is 5.56 Å². The summed E-state index contributed by atoms with van der Waals surface area (Å²) in [5.41, 5.74) is 0.676. The molecule has 17 heavy (non-hydrogen) atoms. The number of benzene rings is 1. The molecule has 0 fully saturated rings. The summed E-state index contributed by atoms with van der Waals surface area (Å²) in [6.07, 6.45) is 2.07. The Kier molecular flexibility index (Phi) is 4.17. The molecule has 0 bridgehead atoms. The van der Waals surface area contributed by atoms with Crippen LogP contribution >= 0.6 is 11.8 Å². The van der Waals surface area contributed by atoms with E-state index in [1.54, 1.807) is 17.8 Å². The third-order valence-electron chi connectivity index (χ3n) is 2.44. The molecule has 0 saturated carbocycles. The summed E-state index contributed by atoms with van der Waals surface area (Å²) in [4.78, 5) is 19.0. The van der Waals surface area contributed by atoms with Gasteiger partial charge in [-0.3, -0.25) is 4.79 Å². The van der Waals surface area contributed by atoms with Crippen LogP contribution in [0.4, 0.5) is 0 Å². The van der Waals surface area contributed by atoms with Crippen LogP contribution < -0.4 is 10.9 Å². The monoisotopic (exact) mass is 249 g/mol. The fraction of sp³-hybridized carbons (Fsp3) is 0.333. The molecular formula is C12H15N3OS. The molecule has 1 aromatic heterocycles. The van der Waals surface area contributed by atoms with Crippen LogP contribution in [0.2, 0.25) is 0 Å². The summed E-state index contributed by atoms with van der Waals surface area (Å²) in [7, 11) is 0. The number of hydrogen-bond acceptors (Lipinski definition) is 4. The molecule has 5 heteroatoms. The maximum absolute atomic E-state index is 11.8. The summed E-state index contributed by atoms with van der Waals surface area (Å²) in [6.45, 7) is 1.51. The zero-order valence-electron chi connectivity index (χ0n) is 9.69. The molecule has 2 N–H and O–H groups in total. The molecule has 4 nitrogen and oxygen atoms in total. The van der Waals surface area contributed by atoms with Crippen LogP contribution in [0.3, 0.4) is 0 Å². The number of rotatable bonds is 5. The molecule has 1 aromatic carbocycles. The van der Waals surface area contributed by atoms with Gasteiger partial charge in [0, 0.05) is 12.3 Å². The Morgan fingerprint density at radius 1 is 1.41 bits per heavy atom. The molecule has 0 saturated heterocycles. The van der Waals surface area contributed by atoms with Crippen LogP contribution in [0.15, 0.2) is 29.1 Å². The lowest BCUT2D eigenvalue weighted by molar-refractivity contribution is 0.695. The number of hydrogen-bond donors (Lipinski definition) is 2. The number of thioether (sulfide) groups is 1. The second kappa shape index (κ2) is 5.84. The van der Waals surface area contributed by atoms with Crippen LogP contribution in [-0.2, 0) is 6.54 Å². The van der Waals surface area contributed by atoms with Gasteiger partial charge in [0.15, 0.2) is 0 Å². The van der Waals surface area contributed by atoms with Crippen molar-refractivity contribution in [3.63, 3.8) is 0 Å². The van der Waals surface area contributed by atoms with E-state index in [0.29, 0.717) is 17.8 Å². The Morgan fingerprint density at radius 2 is 2.24 bits per heavy atom. The van der Waals surface area contributed by atoms with E-state index in [-0.39, 0.29) is 5.56 Å². The largest absolute Gasteiger partial charge is 0.309 e. The first-order valence-corrected chi connectivity index (χ1v) is 6.88. The summed E-state index contributed by atoms with van der Waals surface area (Å²) in [5.74, 6) is 1.74. The van der Waals surface area contributed by atoms with E-state index >= 15 is 0 Å². The van der Waals surface area contributed by atoms with Gasteiger partial charge in [-0.2, -0.15) is 11.8 Å². The van der Waals surface area contributed by atoms with Crippen LogP contribution in [0.1, 0.15) is 5.82 Å². The van der Waals surface area contributed by atoms with E-state index in [9.17, 15) is 4.79 Å². The highest BCUT2D eigenvalue weighted by molar-refractivity contribution is 7.98. The molecule has 0 radical (unpaired) electrons. The lowest BCUT2D eigenvalue weighted by Gasteiger charge is -2.04. The minimum atomic E-state index is -0.0720. The van der Waals surface area contributed by atoms with E-state index in [1.165, 1.54) is 0 Å². The third kappa shape index (κ3) is 3.08. The van der Waals surface area contributed by atoms with Crippen molar-refractivity contribution in [2.24, 2.45) is 0 Å². The Morgan fingerprint density at radius 3 is 3.06 bits per heavy atom. The highest BCUT2D eigenvalue weighted by Crippen LogP contribution is 2.05. The van der Waals surface area contributed by atoms with E-state index in [0.717, 1.165) is 17.8 Å². The second-order valence-corrected chi connectivity index (χ2v) is 4.68. The van der Waals surface area contributed by atoms with Crippen molar-refractivity contribution in [3.05, 3.63) is 40.4 Å². The van der Waals surface area contributed by atoms with E-state index in [1.807, 2.05) is 18.2 Å². The van der Waals surface area contributed by atoms with Gasteiger partial charge < -0.3 is 10.3 Å². The number of nitrogens with one attached hydrogen (secondary N) is 2. The summed E-state index contributed by atoms with van der Waals surface area (Å²) < 4.78 is 0. The Hall–Kier alpha value is -1.33. The van der Waals surface area contributed by atoms with E-state index < -0.39 is 0 Å². The number of aromatic nitrogens is 2. The zero-order valence-corrected chi connectivity index (χ0v) is 10.5. The number of fused-ring (bicyclic) bond motifs is 1. The molecular weight excluding hydrogens is 234 g/mol. The summed E-state index contributed by atoms with van der Waals surface area (Å²) in [5, 5.41) is 3.88. The van der Waals surface area contributed by atoms with Gasteiger partial charge >= 0.3 is 0 Å². The number of para-hydroxylation sites is 1. The molecule has 0 unspecified atom stereocenters. The number of aromatic amines is 1. The normalized spacial score (nSPS) is 10.9. The van der Waals surface area contributed by atoms with Crippen molar-refractivity contribution < 1.29 is 0 Å². The fourth-order valence-corrected chi connectivity index (χ4v) is 1.95. The van der Waals surface area contributed by atoms with Gasteiger partial charge in [0.2, 0.25) is 0 Å². The molecule has 2 aromatic rings. The maximum atomic E-state index is 11.8. The Labute approximate surface area is 104 Å². The lowest BCUT2D eigenvalue weighted by atomic mass is 10.2. The van der Waals surface area contributed by atoms with Gasteiger partial charge in [-0.15, -0.1) is 0 Å². The standard InChI is InChI=1S/C12H15N3OS/c1-17-7-6-13-8-11-14-10-5-3-2-4-9(10)12(16)15-11/h2-5,13H,6-8H2,1H3,(H,14,15,16). The summed E-state index contributed by atoms with van der Waals surface area (Å²) >= 11 is 1.79. The highest BCUT2D eigenvalue weighted by Gasteiger charge is 2.02. The van der Waals surface area contributed by atoms with Crippen molar-refractivity contribution in [1.29, 1.82) is 0 Å². The molecule has 0 spiro atoms. The predicted octanol–water partition coefficient (Wildman–Crippen LogP) is 1.38. The van der Waals surface area contributed by atoms with E-state index in [2.05, 4.69) is 21.5 Å². The van der Waals surface area contributed by atoms with Crippen molar-refractivity contribution in [2.45, 2.75) is 6.54 Å².